The molecule has 0 unspecified atom stereocenters. The molecule has 0 atom stereocenters. The smallest absolute Gasteiger partial charge is 0.416 e. The Labute approximate surface area is 145 Å². The summed E-state index contributed by atoms with van der Waals surface area (Å²) in [6.07, 6.45) is -3.46. The summed E-state index contributed by atoms with van der Waals surface area (Å²) in [4.78, 5) is 12.9. The fourth-order valence-corrected chi connectivity index (χ4v) is 3.01. The summed E-state index contributed by atoms with van der Waals surface area (Å²) in [6.45, 7) is 6.31. The second kappa shape index (κ2) is 7.00. The normalized spacial score (nSPS) is 16.5. The molecule has 1 heterocycles. The van der Waals surface area contributed by atoms with Gasteiger partial charge >= 0.3 is 6.18 Å². The van der Waals surface area contributed by atoms with E-state index in [0.717, 1.165) is 6.07 Å². The van der Waals surface area contributed by atoms with Crippen LogP contribution in [0, 0.1) is 0 Å². The Morgan fingerprint density at radius 2 is 1.84 bits per heavy atom. The van der Waals surface area contributed by atoms with E-state index in [-0.39, 0.29) is 17.4 Å². The van der Waals surface area contributed by atoms with Crippen LogP contribution < -0.4 is 5.73 Å². The monoisotopic (exact) mass is 356 g/mol. The van der Waals surface area contributed by atoms with E-state index < -0.39 is 17.3 Å². The molecule has 0 aromatic heterocycles. The summed E-state index contributed by atoms with van der Waals surface area (Å²) in [7, 11) is 0. The molecule has 0 radical (unpaired) electrons. The van der Waals surface area contributed by atoms with Crippen molar-refractivity contribution in [3.8, 4) is 0 Å². The predicted octanol–water partition coefficient (Wildman–Crippen LogP) is 3.96. The standard InChI is InChI=1S/C18H23F3N2O2/c1-17(2,3)25-16(11-24)23-8-6-12(7-9-23)14-10-13(22)4-5-15(14)18(19,20)21/h4-5,10,12H,6-9,22H2,1-3H3. The number of likely N-dealkylation sites (tertiary alicyclic amines) is 1. The molecule has 1 aliphatic heterocycles. The van der Waals surface area contributed by atoms with E-state index in [1.54, 1.807) is 10.8 Å². The second-order valence-corrected chi connectivity index (χ2v) is 7.23. The van der Waals surface area contributed by atoms with Crippen LogP contribution in [0.15, 0.2) is 24.1 Å². The van der Waals surface area contributed by atoms with Crippen LogP contribution in [-0.2, 0) is 15.7 Å². The first-order chi connectivity index (χ1) is 11.5. The van der Waals surface area contributed by atoms with Crippen molar-refractivity contribution in [2.75, 3.05) is 18.8 Å². The van der Waals surface area contributed by atoms with E-state index in [0.29, 0.717) is 31.6 Å². The van der Waals surface area contributed by atoms with Crippen LogP contribution in [0.5, 0.6) is 0 Å². The number of piperidine rings is 1. The van der Waals surface area contributed by atoms with Crippen molar-refractivity contribution in [2.24, 2.45) is 0 Å². The predicted molar refractivity (Wildman–Crippen MR) is 89.4 cm³/mol. The number of rotatable bonds is 3. The largest absolute Gasteiger partial charge is 0.465 e. The maximum Gasteiger partial charge on any atom is 0.416 e. The number of hydrogen-bond acceptors (Lipinski definition) is 4. The van der Waals surface area contributed by atoms with Crippen LogP contribution in [0.4, 0.5) is 18.9 Å². The summed E-state index contributed by atoms with van der Waals surface area (Å²) in [5.74, 6) is 1.64. The number of nitrogen functional groups attached to an aromatic ring is 1. The van der Waals surface area contributed by atoms with Gasteiger partial charge in [0.2, 0.25) is 0 Å². The molecule has 2 rings (SSSR count). The van der Waals surface area contributed by atoms with Gasteiger partial charge in [-0.25, -0.2) is 4.79 Å². The highest BCUT2D eigenvalue weighted by atomic mass is 19.4. The lowest BCUT2D eigenvalue weighted by Crippen LogP contribution is -2.36. The summed E-state index contributed by atoms with van der Waals surface area (Å²) in [5, 5.41) is 0. The molecule has 1 aliphatic rings. The molecule has 25 heavy (non-hydrogen) atoms. The van der Waals surface area contributed by atoms with Crippen LogP contribution in [0.1, 0.15) is 50.7 Å². The zero-order valence-corrected chi connectivity index (χ0v) is 14.6. The molecule has 0 aliphatic carbocycles. The molecule has 2 N–H and O–H groups in total. The Hall–Kier alpha value is -2.14. The third-order valence-corrected chi connectivity index (χ3v) is 4.09. The molecule has 0 saturated carbocycles. The first kappa shape index (κ1) is 19.2. The number of nitrogens with two attached hydrogens (primary N) is 1. The Balaban J connectivity index is 2.15. The average Bonchev–Trinajstić information content (AvgIpc) is 2.50. The molecular formula is C18H23F3N2O2. The third kappa shape index (κ3) is 4.92. The van der Waals surface area contributed by atoms with Gasteiger partial charge in [-0.15, -0.1) is 0 Å². The zero-order chi connectivity index (χ0) is 18.8. The zero-order valence-electron chi connectivity index (χ0n) is 14.6. The SMILES string of the molecule is CC(C)(C)OC(=C=O)N1CCC(c2cc(N)ccc2C(F)(F)F)CC1. The van der Waals surface area contributed by atoms with Crippen molar-refractivity contribution in [3.05, 3.63) is 35.2 Å². The fraction of sp³-hybridized carbons (Fsp3) is 0.556. The van der Waals surface area contributed by atoms with Crippen LogP contribution in [0.2, 0.25) is 0 Å². The summed E-state index contributed by atoms with van der Waals surface area (Å²) in [6, 6.07) is 3.72. The first-order valence-corrected chi connectivity index (χ1v) is 8.17. The molecule has 1 aromatic rings. The van der Waals surface area contributed by atoms with Crippen molar-refractivity contribution >= 4 is 11.6 Å². The van der Waals surface area contributed by atoms with E-state index in [9.17, 15) is 18.0 Å². The minimum Gasteiger partial charge on any atom is -0.465 e. The molecule has 0 amide bonds. The lowest BCUT2D eigenvalue weighted by molar-refractivity contribution is -0.138. The van der Waals surface area contributed by atoms with E-state index in [1.807, 2.05) is 20.8 Å². The van der Waals surface area contributed by atoms with Crippen molar-refractivity contribution in [3.63, 3.8) is 0 Å². The number of benzene rings is 1. The Morgan fingerprint density at radius 1 is 1.24 bits per heavy atom. The van der Waals surface area contributed by atoms with Crippen LogP contribution >= 0.6 is 0 Å². The second-order valence-electron chi connectivity index (χ2n) is 7.23. The van der Waals surface area contributed by atoms with Crippen molar-refractivity contribution < 1.29 is 22.7 Å². The van der Waals surface area contributed by atoms with Crippen LogP contribution in [-0.4, -0.2) is 29.5 Å². The van der Waals surface area contributed by atoms with Crippen LogP contribution in [0.3, 0.4) is 0 Å². The summed E-state index contributed by atoms with van der Waals surface area (Å²) in [5.41, 5.74) is 5.05. The molecule has 1 fully saturated rings. The topological polar surface area (TPSA) is 55.6 Å². The van der Waals surface area contributed by atoms with Gasteiger partial charge in [0.05, 0.1) is 5.56 Å². The van der Waals surface area contributed by atoms with Gasteiger partial charge in [-0.1, -0.05) is 0 Å². The van der Waals surface area contributed by atoms with E-state index in [2.05, 4.69) is 0 Å². The Bertz CT molecular complexity index is 666. The molecule has 4 nitrogen and oxygen atoms in total. The van der Waals surface area contributed by atoms with E-state index in [1.165, 1.54) is 12.1 Å². The van der Waals surface area contributed by atoms with Crippen molar-refractivity contribution in [2.45, 2.75) is 51.3 Å². The maximum atomic E-state index is 13.3. The number of ether oxygens (including phenoxy) is 1. The van der Waals surface area contributed by atoms with Gasteiger partial charge in [0.25, 0.3) is 5.88 Å². The molecular weight excluding hydrogens is 333 g/mol. The number of nitrogens with zero attached hydrogens (tertiary/aromatic N) is 1. The lowest BCUT2D eigenvalue weighted by Gasteiger charge is -2.36. The molecule has 0 bridgehead atoms. The third-order valence-electron chi connectivity index (χ3n) is 4.09. The highest BCUT2D eigenvalue weighted by molar-refractivity contribution is 5.49. The number of halogens is 3. The van der Waals surface area contributed by atoms with Gasteiger partial charge in [-0.2, -0.15) is 13.2 Å². The van der Waals surface area contributed by atoms with Gasteiger partial charge in [-0.3, -0.25) is 0 Å². The Kier molecular flexibility index (Phi) is 5.37. The molecule has 7 heteroatoms. The quantitative estimate of drug-likeness (QED) is 0.506. The average molecular weight is 356 g/mol. The maximum absolute atomic E-state index is 13.3. The van der Waals surface area contributed by atoms with Gasteiger partial charge in [0.1, 0.15) is 5.60 Å². The van der Waals surface area contributed by atoms with Gasteiger partial charge in [0.15, 0.2) is 5.94 Å². The highest BCUT2D eigenvalue weighted by Gasteiger charge is 2.36. The van der Waals surface area contributed by atoms with E-state index in [4.69, 9.17) is 10.5 Å². The van der Waals surface area contributed by atoms with Crippen molar-refractivity contribution in [1.29, 1.82) is 0 Å². The lowest BCUT2D eigenvalue weighted by atomic mass is 9.86. The van der Waals surface area contributed by atoms with E-state index >= 15 is 0 Å². The van der Waals surface area contributed by atoms with Gasteiger partial charge in [0, 0.05) is 18.8 Å². The molecule has 138 valence electrons. The van der Waals surface area contributed by atoms with Crippen LogP contribution in [0.25, 0.3) is 0 Å². The highest BCUT2D eigenvalue weighted by Crippen LogP contribution is 2.40. The summed E-state index contributed by atoms with van der Waals surface area (Å²) >= 11 is 0. The fourth-order valence-electron chi connectivity index (χ4n) is 3.01. The number of anilines is 1. The molecule has 1 saturated heterocycles. The number of alkyl halides is 3. The number of hydrogen-bond donors (Lipinski definition) is 1. The van der Waals surface area contributed by atoms with Gasteiger partial charge < -0.3 is 15.4 Å². The van der Waals surface area contributed by atoms with Crippen molar-refractivity contribution in [1.82, 2.24) is 4.90 Å². The minimum absolute atomic E-state index is 0.106. The minimum atomic E-state index is -4.41. The summed E-state index contributed by atoms with van der Waals surface area (Å²) < 4.78 is 45.3. The van der Waals surface area contributed by atoms with Gasteiger partial charge in [-0.05, 0) is 63.3 Å². The first-order valence-electron chi connectivity index (χ1n) is 8.17. The molecule has 0 spiro atoms. The number of carbonyl (C=O) groups excluding carboxylic acids is 1. The molecule has 1 aromatic carbocycles. The Morgan fingerprint density at radius 3 is 2.32 bits per heavy atom.